The van der Waals surface area contributed by atoms with Crippen molar-refractivity contribution in [2.45, 2.75) is 39.3 Å². The zero-order valence-corrected chi connectivity index (χ0v) is 15.2. The van der Waals surface area contributed by atoms with E-state index in [0.717, 1.165) is 11.3 Å². The first-order chi connectivity index (χ1) is 12.4. The quantitative estimate of drug-likeness (QED) is 0.527. The van der Waals surface area contributed by atoms with E-state index in [1.54, 1.807) is 25.6 Å². The predicted molar refractivity (Wildman–Crippen MR) is 95.3 cm³/mol. The number of hydrogen-bond acceptors (Lipinski definition) is 5. The Hall–Kier alpha value is -2.67. The average Bonchev–Trinajstić information content (AvgIpc) is 3.05. The molecule has 26 heavy (non-hydrogen) atoms. The molecule has 0 fully saturated rings. The molecular weight excluding hydrogens is 336 g/mol. The topological polar surface area (TPSA) is 102 Å². The summed E-state index contributed by atoms with van der Waals surface area (Å²) in [5.74, 6) is -2.10. The number of rotatable bonds is 9. The lowest BCUT2D eigenvalue weighted by molar-refractivity contribution is -0.140. The fourth-order valence-electron chi connectivity index (χ4n) is 2.72. The van der Waals surface area contributed by atoms with Gasteiger partial charge in [-0.15, -0.1) is 0 Å². The molecule has 2 unspecified atom stereocenters. The van der Waals surface area contributed by atoms with Crippen molar-refractivity contribution < 1.29 is 24.5 Å². The third-order valence-electron chi connectivity index (χ3n) is 4.28. The summed E-state index contributed by atoms with van der Waals surface area (Å²) in [7, 11) is 1.59. The number of carbonyl (C=O) groups excluding carboxylic acids is 1. The maximum absolute atomic E-state index is 12.6. The number of hydrogen-bond donors (Lipinski definition) is 2. The first-order valence-corrected chi connectivity index (χ1v) is 8.56. The van der Waals surface area contributed by atoms with Crippen LogP contribution in [0.2, 0.25) is 0 Å². The van der Waals surface area contributed by atoms with Gasteiger partial charge in [-0.25, -0.2) is 0 Å². The Balaban J connectivity index is 2.35. The van der Waals surface area contributed by atoms with E-state index < -0.39 is 23.8 Å². The molecule has 7 heteroatoms. The second kappa shape index (κ2) is 8.62. The molecule has 0 saturated carbocycles. The molecule has 2 rings (SSSR count). The summed E-state index contributed by atoms with van der Waals surface area (Å²) in [4.78, 5) is 24.0. The number of carbonyl (C=O) groups is 2. The van der Waals surface area contributed by atoms with E-state index in [0.29, 0.717) is 13.0 Å². The van der Waals surface area contributed by atoms with Gasteiger partial charge in [-0.05, 0) is 30.5 Å². The number of benzene rings is 1. The van der Waals surface area contributed by atoms with Crippen molar-refractivity contribution in [1.29, 1.82) is 0 Å². The zero-order chi connectivity index (χ0) is 19.3. The number of ether oxygens (including phenoxy) is 1. The molecule has 0 aliphatic rings. The summed E-state index contributed by atoms with van der Waals surface area (Å²) in [5, 5.41) is 23.8. The van der Waals surface area contributed by atoms with E-state index in [9.17, 15) is 19.8 Å². The van der Waals surface area contributed by atoms with Gasteiger partial charge in [0.1, 0.15) is 17.4 Å². The lowest BCUT2D eigenvalue weighted by Crippen LogP contribution is -2.24. The largest absolute Gasteiger partial charge is 0.497 e. The van der Waals surface area contributed by atoms with Gasteiger partial charge in [-0.3, -0.25) is 14.3 Å². The molecule has 1 aromatic carbocycles. The van der Waals surface area contributed by atoms with Crippen LogP contribution in [0.25, 0.3) is 0 Å². The molecule has 0 spiro atoms. The highest BCUT2D eigenvalue weighted by Gasteiger charge is 2.30. The molecule has 0 saturated heterocycles. The molecule has 0 amide bonds. The lowest BCUT2D eigenvalue weighted by atomic mass is 9.94. The minimum Gasteiger partial charge on any atom is -0.497 e. The third-order valence-corrected chi connectivity index (χ3v) is 4.28. The van der Waals surface area contributed by atoms with Crippen LogP contribution >= 0.6 is 0 Å². The average molecular weight is 360 g/mol. The van der Waals surface area contributed by atoms with Crippen molar-refractivity contribution in [3.8, 4) is 5.75 Å². The normalized spacial score (nSPS) is 13.2. The lowest BCUT2D eigenvalue weighted by Gasteiger charge is -2.10. The molecular formula is C19H24N2O5. The Morgan fingerprint density at radius 1 is 1.19 bits per heavy atom. The van der Waals surface area contributed by atoms with E-state index in [4.69, 9.17) is 4.74 Å². The number of aliphatic carboxylic acids is 1. The Morgan fingerprint density at radius 2 is 1.85 bits per heavy atom. The maximum Gasteiger partial charge on any atom is 0.314 e. The van der Waals surface area contributed by atoms with Crippen LogP contribution in [0.15, 0.2) is 30.5 Å². The van der Waals surface area contributed by atoms with Crippen molar-refractivity contribution in [2.24, 2.45) is 5.92 Å². The molecule has 0 aliphatic carbocycles. The molecule has 2 atom stereocenters. The van der Waals surface area contributed by atoms with Crippen molar-refractivity contribution in [2.75, 3.05) is 7.11 Å². The number of Topliss-reactive ketones (excluding diaryl/α,β-unsaturated/α-hetero) is 1. The highest BCUT2D eigenvalue weighted by Crippen LogP contribution is 2.24. The van der Waals surface area contributed by atoms with Crippen LogP contribution in [0.4, 0.5) is 0 Å². The molecule has 140 valence electrons. The number of ketones is 1. The first kappa shape index (κ1) is 19.7. The molecule has 0 bridgehead atoms. The summed E-state index contributed by atoms with van der Waals surface area (Å²) < 4.78 is 6.68. The molecule has 0 aliphatic heterocycles. The van der Waals surface area contributed by atoms with Crippen molar-refractivity contribution in [1.82, 2.24) is 9.78 Å². The SMILES string of the molecule is CCC(C(=O)O)C(=O)c1cn(Cc2ccc(OC)cc2)nc1C(O)CC. The molecule has 1 heterocycles. The smallest absolute Gasteiger partial charge is 0.314 e. The fourth-order valence-corrected chi connectivity index (χ4v) is 2.72. The molecule has 2 N–H and O–H groups in total. The van der Waals surface area contributed by atoms with Gasteiger partial charge < -0.3 is 14.9 Å². The zero-order valence-electron chi connectivity index (χ0n) is 15.2. The van der Waals surface area contributed by atoms with Gasteiger partial charge in [0.15, 0.2) is 5.78 Å². The predicted octanol–water partition coefficient (Wildman–Crippen LogP) is 2.68. The molecule has 0 radical (unpaired) electrons. The van der Waals surface area contributed by atoms with Crippen molar-refractivity contribution in [3.63, 3.8) is 0 Å². The highest BCUT2D eigenvalue weighted by molar-refractivity contribution is 6.08. The number of aliphatic hydroxyl groups is 1. The van der Waals surface area contributed by atoms with E-state index in [1.807, 2.05) is 24.3 Å². The summed E-state index contributed by atoms with van der Waals surface area (Å²) in [5.41, 5.74) is 1.34. The Morgan fingerprint density at radius 3 is 2.35 bits per heavy atom. The van der Waals surface area contributed by atoms with Gasteiger partial charge in [0, 0.05) is 6.20 Å². The first-order valence-electron chi connectivity index (χ1n) is 8.56. The Labute approximate surface area is 152 Å². The number of carboxylic acids is 1. The van der Waals surface area contributed by atoms with Crippen LogP contribution in [0.1, 0.15) is 54.4 Å². The van der Waals surface area contributed by atoms with Crippen molar-refractivity contribution in [3.05, 3.63) is 47.3 Å². The van der Waals surface area contributed by atoms with Crippen LogP contribution in [-0.2, 0) is 11.3 Å². The van der Waals surface area contributed by atoms with Gasteiger partial charge in [-0.1, -0.05) is 26.0 Å². The molecule has 2 aromatic rings. The molecule has 1 aromatic heterocycles. The van der Waals surface area contributed by atoms with Gasteiger partial charge in [0.05, 0.1) is 25.3 Å². The van der Waals surface area contributed by atoms with Crippen molar-refractivity contribution >= 4 is 11.8 Å². The van der Waals surface area contributed by atoms with E-state index in [-0.39, 0.29) is 17.7 Å². The van der Waals surface area contributed by atoms with E-state index in [1.165, 1.54) is 6.20 Å². The number of nitrogens with zero attached hydrogens (tertiary/aromatic N) is 2. The van der Waals surface area contributed by atoms with Gasteiger partial charge in [0.2, 0.25) is 0 Å². The summed E-state index contributed by atoms with van der Waals surface area (Å²) in [6.07, 6.45) is 1.16. The third kappa shape index (κ3) is 4.29. The maximum atomic E-state index is 12.6. The Bertz CT molecular complexity index is 767. The Kier molecular flexibility index (Phi) is 6.52. The monoisotopic (exact) mass is 360 g/mol. The number of aliphatic hydroxyl groups excluding tert-OH is 1. The second-order valence-corrected chi connectivity index (χ2v) is 6.06. The molecule has 7 nitrogen and oxygen atoms in total. The minimum absolute atomic E-state index is 0.169. The summed E-state index contributed by atoms with van der Waals surface area (Å²) in [6.45, 7) is 3.81. The van der Waals surface area contributed by atoms with Crippen LogP contribution in [0, 0.1) is 5.92 Å². The number of methoxy groups -OCH3 is 1. The van der Waals surface area contributed by atoms with Crippen LogP contribution in [-0.4, -0.2) is 38.9 Å². The van der Waals surface area contributed by atoms with E-state index in [2.05, 4.69) is 5.10 Å². The van der Waals surface area contributed by atoms with E-state index >= 15 is 0 Å². The van der Waals surface area contributed by atoms with Gasteiger partial charge in [0.25, 0.3) is 0 Å². The van der Waals surface area contributed by atoms with Crippen LogP contribution in [0.5, 0.6) is 5.75 Å². The van der Waals surface area contributed by atoms with Gasteiger partial charge in [-0.2, -0.15) is 5.10 Å². The second-order valence-electron chi connectivity index (χ2n) is 6.06. The number of carboxylic acid groups (broad SMARTS) is 1. The summed E-state index contributed by atoms with van der Waals surface area (Å²) in [6, 6.07) is 7.41. The highest BCUT2D eigenvalue weighted by atomic mass is 16.5. The van der Waals surface area contributed by atoms with Crippen LogP contribution in [0.3, 0.4) is 0 Å². The standard InChI is InChI=1S/C19H24N2O5/c1-4-14(19(24)25)18(23)15-11-21(20-17(15)16(22)5-2)10-12-6-8-13(26-3)9-7-12/h6-9,11,14,16,22H,4-5,10H2,1-3H3,(H,24,25). The van der Waals surface area contributed by atoms with Crippen LogP contribution < -0.4 is 4.74 Å². The fraction of sp³-hybridized carbons (Fsp3) is 0.421. The summed E-state index contributed by atoms with van der Waals surface area (Å²) >= 11 is 0. The van der Waals surface area contributed by atoms with Gasteiger partial charge >= 0.3 is 5.97 Å². The number of aromatic nitrogens is 2. The minimum atomic E-state index is -1.17.